The lowest BCUT2D eigenvalue weighted by atomic mass is 10.1. The van der Waals surface area contributed by atoms with E-state index < -0.39 is 5.91 Å². The van der Waals surface area contributed by atoms with Crippen molar-refractivity contribution < 1.29 is 14.3 Å². The standard InChI is InChI=1S/C22H22N4O3/c1-29-18-9-5-8-17(12-18)20-19(22(28)24-23-21(27)16-10-11-16)14-26(25-20)13-15-6-3-2-4-7-15/h2-9,12,14,16H,10-11,13H2,1H3,(H,23,27)(H,24,28). The highest BCUT2D eigenvalue weighted by Crippen LogP contribution is 2.29. The van der Waals surface area contributed by atoms with Gasteiger partial charge in [-0.1, -0.05) is 42.5 Å². The van der Waals surface area contributed by atoms with Gasteiger partial charge in [0, 0.05) is 17.7 Å². The number of amides is 2. The molecule has 0 spiro atoms. The predicted octanol–water partition coefficient (Wildman–Crippen LogP) is 2.78. The van der Waals surface area contributed by atoms with E-state index in [1.807, 2.05) is 54.6 Å². The molecule has 1 aromatic heterocycles. The molecule has 1 aliphatic carbocycles. The zero-order valence-corrected chi connectivity index (χ0v) is 16.1. The van der Waals surface area contributed by atoms with Crippen LogP contribution in [0.2, 0.25) is 0 Å². The topological polar surface area (TPSA) is 85.2 Å². The highest BCUT2D eigenvalue weighted by atomic mass is 16.5. The Morgan fingerprint density at radius 2 is 1.90 bits per heavy atom. The second kappa shape index (κ2) is 8.18. The van der Waals surface area contributed by atoms with Crippen LogP contribution in [0.25, 0.3) is 11.3 Å². The number of nitrogens with one attached hydrogen (secondary N) is 2. The van der Waals surface area contributed by atoms with Crippen LogP contribution in [0, 0.1) is 5.92 Å². The van der Waals surface area contributed by atoms with Gasteiger partial charge in [0.25, 0.3) is 5.91 Å². The van der Waals surface area contributed by atoms with Gasteiger partial charge in [0.05, 0.1) is 19.2 Å². The molecule has 7 heteroatoms. The lowest BCUT2D eigenvalue weighted by Gasteiger charge is -2.07. The maximum absolute atomic E-state index is 12.8. The summed E-state index contributed by atoms with van der Waals surface area (Å²) in [5.74, 6) is 0.122. The largest absolute Gasteiger partial charge is 0.497 e. The smallest absolute Gasteiger partial charge is 0.273 e. The Bertz CT molecular complexity index is 1030. The first-order chi connectivity index (χ1) is 14.1. The van der Waals surface area contributed by atoms with E-state index >= 15 is 0 Å². The fourth-order valence-electron chi connectivity index (χ4n) is 3.06. The Labute approximate surface area is 168 Å². The van der Waals surface area contributed by atoms with Crippen molar-refractivity contribution in [2.75, 3.05) is 7.11 Å². The number of carbonyl (C=O) groups excluding carboxylic acids is 2. The summed E-state index contributed by atoms with van der Waals surface area (Å²) in [7, 11) is 1.59. The number of hydrogen-bond acceptors (Lipinski definition) is 4. The number of methoxy groups -OCH3 is 1. The molecule has 0 bridgehead atoms. The third-order valence-electron chi connectivity index (χ3n) is 4.78. The first kappa shape index (κ1) is 18.7. The van der Waals surface area contributed by atoms with Gasteiger partial charge in [0.1, 0.15) is 11.4 Å². The van der Waals surface area contributed by atoms with Gasteiger partial charge >= 0.3 is 0 Å². The SMILES string of the molecule is COc1cccc(-c2nn(Cc3ccccc3)cc2C(=O)NNC(=O)C2CC2)c1. The first-order valence-electron chi connectivity index (χ1n) is 9.50. The lowest BCUT2D eigenvalue weighted by molar-refractivity contribution is -0.123. The van der Waals surface area contributed by atoms with E-state index in [0.29, 0.717) is 23.6 Å². The Morgan fingerprint density at radius 3 is 2.62 bits per heavy atom. The average molecular weight is 390 g/mol. The summed E-state index contributed by atoms with van der Waals surface area (Å²) in [6.07, 6.45) is 3.43. The van der Waals surface area contributed by atoms with Gasteiger partial charge < -0.3 is 4.74 Å². The molecule has 2 aromatic carbocycles. The number of hydrogen-bond donors (Lipinski definition) is 2. The second-order valence-corrected chi connectivity index (χ2v) is 7.02. The number of ether oxygens (including phenoxy) is 1. The van der Waals surface area contributed by atoms with E-state index in [1.54, 1.807) is 18.0 Å². The van der Waals surface area contributed by atoms with Crippen LogP contribution in [0.1, 0.15) is 28.8 Å². The van der Waals surface area contributed by atoms with Crippen molar-refractivity contribution in [3.63, 3.8) is 0 Å². The van der Waals surface area contributed by atoms with Gasteiger partial charge in [-0.3, -0.25) is 25.1 Å². The number of carbonyl (C=O) groups is 2. The van der Waals surface area contributed by atoms with Crippen LogP contribution in [-0.2, 0) is 11.3 Å². The normalized spacial score (nSPS) is 13.0. The van der Waals surface area contributed by atoms with Crippen LogP contribution in [0.3, 0.4) is 0 Å². The maximum atomic E-state index is 12.8. The summed E-state index contributed by atoms with van der Waals surface area (Å²) in [6.45, 7) is 0.527. The molecule has 2 amide bonds. The summed E-state index contributed by atoms with van der Waals surface area (Å²) in [5.41, 5.74) is 7.75. The van der Waals surface area contributed by atoms with Gasteiger partial charge in [-0.25, -0.2) is 0 Å². The summed E-state index contributed by atoms with van der Waals surface area (Å²) in [6, 6.07) is 17.3. The Balaban J connectivity index is 1.63. The van der Waals surface area contributed by atoms with Crippen LogP contribution >= 0.6 is 0 Å². The average Bonchev–Trinajstić information content (AvgIpc) is 3.53. The molecule has 1 aliphatic rings. The number of rotatable bonds is 6. The van der Waals surface area contributed by atoms with E-state index in [1.165, 1.54) is 0 Å². The van der Waals surface area contributed by atoms with Crippen LogP contribution < -0.4 is 15.6 Å². The Kier molecular flexibility index (Phi) is 5.29. The Morgan fingerprint density at radius 1 is 1.10 bits per heavy atom. The molecule has 0 aliphatic heterocycles. The molecule has 0 saturated heterocycles. The van der Waals surface area contributed by atoms with Crippen molar-refractivity contribution in [2.45, 2.75) is 19.4 Å². The fraction of sp³-hybridized carbons (Fsp3) is 0.227. The molecule has 2 N–H and O–H groups in total. The summed E-state index contributed by atoms with van der Waals surface area (Å²) < 4.78 is 7.02. The van der Waals surface area contributed by atoms with E-state index in [4.69, 9.17) is 4.74 Å². The number of hydrazine groups is 1. The van der Waals surface area contributed by atoms with Crippen LogP contribution in [0.4, 0.5) is 0 Å². The zero-order valence-electron chi connectivity index (χ0n) is 16.1. The minimum atomic E-state index is -0.406. The molecule has 1 heterocycles. The molecule has 1 saturated carbocycles. The first-order valence-corrected chi connectivity index (χ1v) is 9.50. The number of benzene rings is 2. The van der Waals surface area contributed by atoms with E-state index in [2.05, 4.69) is 16.0 Å². The molecule has 7 nitrogen and oxygen atoms in total. The van der Waals surface area contributed by atoms with Gasteiger partial charge in [0.15, 0.2) is 0 Å². The summed E-state index contributed by atoms with van der Waals surface area (Å²) in [5, 5.41) is 4.63. The quantitative estimate of drug-likeness (QED) is 0.634. The molecule has 29 heavy (non-hydrogen) atoms. The number of nitrogens with zero attached hydrogens (tertiary/aromatic N) is 2. The van der Waals surface area contributed by atoms with Crippen molar-refractivity contribution in [3.8, 4) is 17.0 Å². The second-order valence-electron chi connectivity index (χ2n) is 7.02. The van der Waals surface area contributed by atoms with Crippen molar-refractivity contribution in [1.82, 2.24) is 20.6 Å². The minimum absolute atomic E-state index is 0.00830. The zero-order chi connectivity index (χ0) is 20.2. The maximum Gasteiger partial charge on any atom is 0.273 e. The molecule has 3 aromatic rings. The van der Waals surface area contributed by atoms with E-state index in [0.717, 1.165) is 24.0 Å². The predicted molar refractivity (Wildman–Crippen MR) is 108 cm³/mol. The van der Waals surface area contributed by atoms with E-state index in [-0.39, 0.29) is 11.8 Å². The highest BCUT2D eigenvalue weighted by Gasteiger charge is 2.30. The molecular weight excluding hydrogens is 368 g/mol. The monoisotopic (exact) mass is 390 g/mol. The molecular formula is C22H22N4O3. The molecule has 0 atom stereocenters. The fourth-order valence-corrected chi connectivity index (χ4v) is 3.06. The van der Waals surface area contributed by atoms with Gasteiger partial charge in [-0.15, -0.1) is 0 Å². The molecule has 0 radical (unpaired) electrons. The van der Waals surface area contributed by atoms with Gasteiger partial charge in [-0.05, 0) is 30.5 Å². The summed E-state index contributed by atoms with van der Waals surface area (Å²) >= 11 is 0. The van der Waals surface area contributed by atoms with Crippen LogP contribution in [-0.4, -0.2) is 28.7 Å². The van der Waals surface area contributed by atoms with Crippen molar-refractivity contribution in [1.29, 1.82) is 0 Å². The highest BCUT2D eigenvalue weighted by molar-refractivity contribution is 6.00. The van der Waals surface area contributed by atoms with Gasteiger partial charge in [-0.2, -0.15) is 5.10 Å². The minimum Gasteiger partial charge on any atom is -0.497 e. The van der Waals surface area contributed by atoms with Gasteiger partial charge in [0.2, 0.25) is 5.91 Å². The van der Waals surface area contributed by atoms with Crippen molar-refractivity contribution >= 4 is 11.8 Å². The molecule has 0 unspecified atom stereocenters. The van der Waals surface area contributed by atoms with E-state index in [9.17, 15) is 9.59 Å². The Hall–Kier alpha value is -3.61. The lowest BCUT2D eigenvalue weighted by Crippen LogP contribution is -2.42. The van der Waals surface area contributed by atoms with Crippen LogP contribution in [0.5, 0.6) is 5.75 Å². The van der Waals surface area contributed by atoms with Crippen molar-refractivity contribution in [2.24, 2.45) is 5.92 Å². The molecule has 148 valence electrons. The third-order valence-corrected chi connectivity index (χ3v) is 4.78. The third kappa shape index (κ3) is 4.45. The van der Waals surface area contributed by atoms with Crippen LogP contribution in [0.15, 0.2) is 60.8 Å². The molecule has 1 fully saturated rings. The van der Waals surface area contributed by atoms with Crippen molar-refractivity contribution in [3.05, 3.63) is 71.9 Å². The summed E-state index contributed by atoms with van der Waals surface area (Å²) in [4.78, 5) is 24.7. The molecule has 4 rings (SSSR count). The number of aromatic nitrogens is 2.